The molecule has 112 heavy (non-hydrogen) atoms. The summed E-state index contributed by atoms with van der Waals surface area (Å²) in [6, 6.07) is 7.07. The molecule has 2 saturated heterocycles. The lowest BCUT2D eigenvalue weighted by Gasteiger charge is -2.48. The number of aliphatic hydroxyl groups is 6. The van der Waals surface area contributed by atoms with Crippen LogP contribution in [0.2, 0.25) is 10.0 Å². The minimum Gasteiger partial charge on any atom is -0.508 e. The van der Waals surface area contributed by atoms with Crippen LogP contribution in [-0.4, -0.2) is 191 Å². The lowest BCUT2D eigenvalue weighted by Crippen LogP contribution is -2.66. The number of hydrogen-bond donors (Lipinski definition) is 16. The predicted octanol–water partition coefficient (Wildman–Crippen LogP) is 5.83. The van der Waals surface area contributed by atoms with Crippen molar-refractivity contribution in [3.05, 3.63) is 129 Å². The number of hydrogen-bond acceptors (Lipinski definition) is 26. The summed E-state index contributed by atoms with van der Waals surface area (Å²) >= 11 is 14.3. The van der Waals surface area contributed by atoms with Crippen LogP contribution in [0.3, 0.4) is 0 Å². The first-order chi connectivity index (χ1) is 53.1. The number of aliphatic hydroxyl groups excluding tert-OH is 6. The van der Waals surface area contributed by atoms with Crippen LogP contribution in [0.15, 0.2) is 91.0 Å². The van der Waals surface area contributed by atoms with Gasteiger partial charge in [-0.2, -0.15) is 0 Å². The second-order valence-corrected chi connectivity index (χ2v) is 30.4. The molecule has 7 heterocycles. The summed E-state index contributed by atoms with van der Waals surface area (Å²) in [5.41, 5.74) is 1.80. The fourth-order valence-corrected chi connectivity index (χ4v) is 15.5. The summed E-state index contributed by atoms with van der Waals surface area (Å²) in [4.78, 5) is 132. The van der Waals surface area contributed by atoms with Crippen LogP contribution >= 0.6 is 23.2 Å². The third-order valence-electron chi connectivity index (χ3n) is 21.0. The first-order valence-corrected chi connectivity index (χ1v) is 37.4. The molecule has 5 aromatic carbocycles. The summed E-state index contributed by atoms with van der Waals surface area (Å²) in [5.74, 6) is -20.4. The number of rotatable bonds is 16. The molecule has 0 spiro atoms. The molecule has 7 aliphatic heterocycles. The van der Waals surface area contributed by atoms with Crippen molar-refractivity contribution in [3.8, 4) is 57.1 Å². The Morgan fingerprint density at radius 2 is 1.40 bits per heavy atom. The monoisotopic (exact) mass is 1600 g/mol. The number of carboxylic acid groups (broad SMARTS) is 1. The van der Waals surface area contributed by atoms with E-state index in [4.69, 9.17) is 62.1 Å². The summed E-state index contributed by atoms with van der Waals surface area (Å²) in [7, 11) is 1.52. The molecule has 0 saturated carbocycles. The Balaban J connectivity index is 1.12. The first kappa shape index (κ1) is 83.4. The number of likely N-dealkylation sites (N-methyl/N-ethyl adjacent to an activating group) is 1. The Morgan fingerprint density at radius 1 is 0.732 bits per heavy atom. The van der Waals surface area contributed by atoms with Gasteiger partial charge in [-0.25, -0.2) is 9.59 Å². The number of phenols is 3. The molecule has 0 aromatic heterocycles. The van der Waals surface area contributed by atoms with Gasteiger partial charge in [-0.1, -0.05) is 67.7 Å². The van der Waals surface area contributed by atoms with Gasteiger partial charge >= 0.3 is 12.1 Å². The predicted molar refractivity (Wildman–Crippen MR) is 395 cm³/mol. The number of carbonyl (C=O) groups is 9. The maximum Gasteiger partial charge on any atom is 0.408 e. The molecule has 0 radical (unpaired) electrons. The average molecular weight is 1600 g/mol. The van der Waals surface area contributed by atoms with Crippen molar-refractivity contribution < 1.29 is 127 Å². The van der Waals surface area contributed by atoms with Crippen LogP contribution in [0.4, 0.5) is 4.79 Å². The van der Waals surface area contributed by atoms with E-state index in [0.717, 1.165) is 80.3 Å². The lowest BCUT2D eigenvalue weighted by atomic mass is 9.84. The van der Waals surface area contributed by atoms with Crippen LogP contribution < -0.4 is 46.5 Å². The Hall–Kier alpha value is -9.55. The number of ether oxygens (including phenoxy) is 7. The zero-order valence-electron chi connectivity index (χ0n) is 61.5. The Bertz CT molecular complexity index is 4470. The molecule has 3 unspecified atom stereocenters. The lowest BCUT2D eigenvalue weighted by molar-refractivity contribution is -0.334. The number of ketones is 3. The van der Waals surface area contributed by atoms with Gasteiger partial charge in [0.1, 0.15) is 65.3 Å². The smallest absolute Gasteiger partial charge is 0.408 e. The van der Waals surface area contributed by atoms with Crippen LogP contribution in [0, 0.1) is 17.8 Å². The molecule has 2 fully saturated rings. The van der Waals surface area contributed by atoms with Crippen molar-refractivity contribution in [2.45, 2.75) is 201 Å². The number of benzene rings is 5. The standard InChI is InChI=1S/C78H90Cl2N6O26/c1-33(2)19-48(82-5)51(90)28-44-65(95)36-14-17-55(46(79)21-36)108-57-23-38-24-58(69(57)112-76-70(68(98)67(97)59(32-87)110-76)111-61-31-78(4,71(99)34(3)106-61)86-77(105)107-40-11-9-7-6-8-10-12-40)109-56-18-15-37(22-47(56)80)66(96)45-29-54(93)63(84-72(100)41(38)27-52(91)49(30-60(81)94)83-73(44)101)35-13-16-50(89)42(20-35)62-43(25-39(88)26-53(62)92)64(75(103)104)85-74(45)102/h9,11,13-18,20-26,33-34,40-41,44-45,48-49,59,61,63-68,70-71,76,82,87-89,92,95-99H,6-8,10,12,19,27-32H2,1-5H3,(H2,81,94)(H,83,101)(H,84,100)(H,85,102)(H,86,105)(H,103,104)/b11-9+/t34-,40+,41?,44+,45-,48+,49-,59+,61?,63+,64-,65+,66?,67+,68-,70+,71+,76-,78-/m0/s1. The number of amides is 5. The van der Waals surface area contributed by atoms with E-state index in [9.17, 15) is 75.0 Å². The van der Waals surface area contributed by atoms with Crippen molar-refractivity contribution >= 4 is 76.2 Å². The zero-order chi connectivity index (χ0) is 81.1. The van der Waals surface area contributed by atoms with E-state index in [1.54, 1.807) is 6.08 Å². The molecule has 19 atom stereocenters. The number of alkyl carbamates (subject to hydrolysis) is 1. The number of primary amides is 1. The van der Waals surface area contributed by atoms with Crippen LogP contribution in [-0.2, 0) is 57.3 Å². The SMILES string of the molecule is CN[C@H](CC(C)C)C(=O)C[C@H]1C(=O)N[C@@H](CC(N)=O)C(=O)CC2C(=O)N[C@H]3C(=O)C[C@H](C(=O)N[C@H](C(=O)O)c4cc(O)cc(O)c4-c4cc3ccc4O)C(O)c3ccc(c(Cl)c3)Oc3cc2cc(c3O[C@@H]2O[C@H](CO)[C@@H](O)[C@H](O)[C@H]2OC2C[C@](C)(NC(=O)O[C@@H]3/C=C/CCCCC3)[C@H](O)[C@H](C)O2)Oc2ccc(cc2Cl)[C@H]1O. The molecule has 602 valence electrons. The van der Waals surface area contributed by atoms with Crippen molar-refractivity contribution in [2.75, 3.05) is 13.7 Å². The number of nitrogens with two attached hydrogens (primary N) is 1. The second kappa shape index (κ2) is 35.2. The molecule has 34 heteroatoms. The molecular weight excluding hydrogens is 1510 g/mol. The maximum atomic E-state index is 16.3. The summed E-state index contributed by atoms with van der Waals surface area (Å²) < 4.78 is 45.0. The van der Waals surface area contributed by atoms with E-state index in [-0.39, 0.29) is 57.5 Å². The molecule has 11 bridgehead atoms. The number of aliphatic carboxylic acids is 1. The van der Waals surface area contributed by atoms with Crippen LogP contribution in [0.5, 0.6) is 46.0 Å². The van der Waals surface area contributed by atoms with Gasteiger partial charge in [0, 0.05) is 48.4 Å². The molecule has 5 aromatic rings. The van der Waals surface area contributed by atoms with Gasteiger partial charge in [0.2, 0.25) is 35.7 Å². The fourth-order valence-electron chi connectivity index (χ4n) is 15.0. The van der Waals surface area contributed by atoms with Crippen LogP contribution in [0.25, 0.3) is 11.1 Å². The largest absolute Gasteiger partial charge is 0.508 e. The number of Topliss-reactive ketones (excluding diaryl/α,β-unsaturated/α-hetero) is 3. The van der Waals surface area contributed by atoms with Gasteiger partial charge in [0.15, 0.2) is 47.3 Å². The number of phenolic OH excluding ortho intramolecular Hbond substituents is 3. The number of halogens is 2. The van der Waals surface area contributed by atoms with E-state index in [2.05, 4.69) is 26.6 Å². The van der Waals surface area contributed by atoms with Crippen molar-refractivity contribution in [2.24, 2.45) is 23.5 Å². The second-order valence-electron chi connectivity index (χ2n) is 29.6. The highest BCUT2D eigenvalue weighted by Crippen LogP contribution is 2.51. The van der Waals surface area contributed by atoms with Crippen molar-refractivity contribution in [1.82, 2.24) is 26.6 Å². The summed E-state index contributed by atoms with van der Waals surface area (Å²) in [6.07, 6.45) is -15.8. The number of fused-ring (bicyclic) bond motifs is 15. The van der Waals surface area contributed by atoms with Crippen molar-refractivity contribution in [1.29, 1.82) is 0 Å². The Labute approximate surface area is 651 Å². The minimum absolute atomic E-state index is 0.0599. The van der Waals surface area contributed by atoms with Gasteiger partial charge in [0.05, 0.1) is 76.8 Å². The normalized spacial score (nSPS) is 29.6. The number of carboxylic acids is 1. The van der Waals surface area contributed by atoms with Crippen molar-refractivity contribution in [3.63, 3.8) is 0 Å². The molecule has 17 N–H and O–H groups in total. The number of aromatic hydroxyl groups is 3. The molecule has 32 nitrogen and oxygen atoms in total. The summed E-state index contributed by atoms with van der Waals surface area (Å²) in [6.45, 7) is 5.68. The Kier molecular flexibility index (Phi) is 26.2. The van der Waals surface area contributed by atoms with Gasteiger partial charge in [-0.05, 0) is 142 Å². The third-order valence-corrected chi connectivity index (χ3v) is 21.6. The highest BCUT2D eigenvalue weighted by molar-refractivity contribution is 6.32. The number of allylic oxidation sites excluding steroid dienone is 1. The maximum absolute atomic E-state index is 16.3. The topological polar surface area (TPSA) is 507 Å². The molecule has 5 amide bonds. The zero-order valence-corrected chi connectivity index (χ0v) is 63.0. The van der Waals surface area contributed by atoms with E-state index in [1.807, 2.05) is 19.9 Å². The fraction of sp³-hybridized carbons (Fsp3) is 0.474. The van der Waals surface area contributed by atoms with E-state index in [1.165, 1.54) is 45.2 Å². The summed E-state index contributed by atoms with van der Waals surface area (Å²) in [5, 5.41) is 129. The minimum atomic E-state index is -2.21. The average Bonchev–Trinajstić information content (AvgIpc) is 0.842. The molecule has 1 aliphatic carbocycles. The van der Waals surface area contributed by atoms with Crippen LogP contribution in [0.1, 0.15) is 156 Å². The van der Waals surface area contributed by atoms with E-state index in [0.29, 0.717) is 6.42 Å². The molecule has 8 aliphatic rings. The molecule has 13 rings (SSSR count). The van der Waals surface area contributed by atoms with Gasteiger partial charge < -0.3 is 117 Å². The molecular formula is C78H90Cl2N6O26. The van der Waals surface area contributed by atoms with Gasteiger partial charge in [-0.3, -0.25) is 33.6 Å². The van der Waals surface area contributed by atoms with Gasteiger partial charge in [-0.15, -0.1) is 0 Å². The Morgan fingerprint density at radius 3 is 2.04 bits per heavy atom. The highest BCUT2D eigenvalue weighted by Gasteiger charge is 2.53. The van der Waals surface area contributed by atoms with E-state index < -0.39 is 257 Å². The first-order valence-electron chi connectivity index (χ1n) is 36.6. The number of carbonyl (C=O) groups excluding carboxylic acids is 8. The quantitative estimate of drug-likeness (QED) is 0.0517. The van der Waals surface area contributed by atoms with Gasteiger partial charge in [0.25, 0.3) is 0 Å². The number of nitrogens with one attached hydrogen (secondary N) is 5. The highest BCUT2D eigenvalue weighted by atomic mass is 35.5. The van der Waals surface area contributed by atoms with E-state index >= 15 is 19.2 Å². The third kappa shape index (κ3) is 18.5.